The maximum atomic E-state index is 4.42. The number of hydrogen-bond acceptors (Lipinski definition) is 3. The van der Waals surface area contributed by atoms with E-state index in [0.29, 0.717) is 0 Å². The summed E-state index contributed by atoms with van der Waals surface area (Å²) in [6.45, 7) is 2.84. The molecule has 0 atom stereocenters. The molecule has 0 bridgehead atoms. The van der Waals surface area contributed by atoms with Gasteiger partial charge >= 0.3 is 0 Å². The SMILES string of the molecule is Cc1nc(C2=CCN=CC2)cs1. The van der Waals surface area contributed by atoms with Gasteiger partial charge in [0.05, 0.1) is 17.2 Å². The number of hydrogen-bond donors (Lipinski definition) is 0. The molecule has 0 N–H and O–H groups in total. The summed E-state index contributed by atoms with van der Waals surface area (Å²) in [4.78, 5) is 8.56. The summed E-state index contributed by atoms with van der Waals surface area (Å²) in [5.74, 6) is 0. The van der Waals surface area contributed by atoms with Crippen LogP contribution in [-0.2, 0) is 0 Å². The Morgan fingerprint density at radius 2 is 2.42 bits per heavy atom. The standard InChI is InChI=1S/C9H10N2S/c1-7-11-9(6-12-7)8-2-4-10-5-3-8/h2,5-6H,3-4H2,1H3. The number of rotatable bonds is 1. The van der Waals surface area contributed by atoms with Crippen molar-refractivity contribution in [3.8, 4) is 0 Å². The molecule has 0 saturated carbocycles. The second kappa shape index (κ2) is 3.19. The number of aliphatic imine (C=N–C) groups is 1. The van der Waals surface area contributed by atoms with Crippen LogP contribution in [0.5, 0.6) is 0 Å². The van der Waals surface area contributed by atoms with E-state index in [1.54, 1.807) is 11.3 Å². The molecular formula is C9H10N2S. The molecule has 3 heteroatoms. The topological polar surface area (TPSA) is 25.2 Å². The molecule has 1 aliphatic rings. The van der Waals surface area contributed by atoms with Crippen LogP contribution in [0.25, 0.3) is 5.57 Å². The van der Waals surface area contributed by atoms with E-state index in [0.717, 1.165) is 23.7 Å². The van der Waals surface area contributed by atoms with E-state index in [-0.39, 0.29) is 0 Å². The van der Waals surface area contributed by atoms with Crippen LogP contribution < -0.4 is 0 Å². The molecule has 1 aliphatic heterocycles. The molecule has 0 spiro atoms. The molecule has 1 aromatic heterocycles. The summed E-state index contributed by atoms with van der Waals surface area (Å²) in [5.41, 5.74) is 2.44. The van der Waals surface area contributed by atoms with Crippen molar-refractivity contribution in [2.24, 2.45) is 4.99 Å². The number of thiazole rings is 1. The molecule has 0 unspecified atom stereocenters. The second-order valence-corrected chi connectivity index (χ2v) is 3.80. The summed E-state index contributed by atoms with van der Waals surface area (Å²) < 4.78 is 0. The normalized spacial score (nSPS) is 16.2. The first-order chi connectivity index (χ1) is 5.86. The highest BCUT2D eigenvalue weighted by Crippen LogP contribution is 2.20. The first-order valence-corrected chi connectivity index (χ1v) is 4.84. The highest BCUT2D eigenvalue weighted by Gasteiger charge is 2.05. The summed E-state index contributed by atoms with van der Waals surface area (Å²) in [6.07, 6.45) is 5.04. The molecule has 0 aromatic carbocycles. The van der Waals surface area contributed by atoms with Gasteiger partial charge in [0.2, 0.25) is 0 Å². The van der Waals surface area contributed by atoms with Crippen molar-refractivity contribution in [3.63, 3.8) is 0 Å². The van der Waals surface area contributed by atoms with Crippen molar-refractivity contribution in [2.75, 3.05) is 6.54 Å². The van der Waals surface area contributed by atoms with E-state index < -0.39 is 0 Å². The molecule has 0 fully saturated rings. The van der Waals surface area contributed by atoms with Crippen LogP contribution in [0.3, 0.4) is 0 Å². The van der Waals surface area contributed by atoms with Gasteiger partial charge in [0.15, 0.2) is 0 Å². The van der Waals surface area contributed by atoms with E-state index in [4.69, 9.17) is 0 Å². The van der Waals surface area contributed by atoms with Gasteiger partial charge < -0.3 is 0 Å². The molecule has 62 valence electrons. The third-order valence-electron chi connectivity index (χ3n) is 1.83. The van der Waals surface area contributed by atoms with Crippen molar-refractivity contribution < 1.29 is 0 Å². The third kappa shape index (κ3) is 1.46. The van der Waals surface area contributed by atoms with Crippen molar-refractivity contribution in [3.05, 3.63) is 22.2 Å². The quantitative estimate of drug-likeness (QED) is 0.647. The molecule has 12 heavy (non-hydrogen) atoms. The Labute approximate surface area is 75.7 Å². The fourth-order valence-electron chi connectivity index (χ4n) is 1.20. The zero-order valence-corrected chi connectivity index (χ0v) is 7.77. The van der Waals surface area contributed by atoms with Crippen LogP contribution >= 0.6 is 11.3 Å². The number of aromatic nitrogens is 1. The fraction of sp³-hybridized carbons (Fsp3) is 0.333. The van der Waals surface area contributed by atoms with Gasteiger partial charge in [-0.05, 0) is 12.5 Å². The van der Waals surface area contributed by atoms with Crippen LogP contribution in [0.4, 0.5) is 0 Å². The van der Waals surface area contributed by atoms with Crippen LogP contribution in [0.2, 0.25) is 0 Å². The highest BCUT2D eigenvalue weighted by molar-refractivity contribution is 7.09. The molecule has 2 nitrogen and oxygen atoms in total. The lowest BCUT2D eigenvalue weighted by atomic mass is 10.1. The van der Waals surface area contributed by atoms with Crippen molar-refractivity contribution in [2.45, 2.75) is 13.3 Å². The Hall–Kier alpha value is -0.960. The molecule has 1 aromatic rings. The lowest BCUT2D eigenvalue weighted by molar-refractivity contribution is 1.17. The molecule has 0 amide bonds. The van der Waals surface area contributed by atoms with Crippen molar-refractivity contribution in [1.82, 2.24) is 4.98 Å². The Balaban J connectivity index is 2.25. The van der Waals surface area contributed by atoms with Gasteiger partial charge in [-0.1, -0.05) is 6.08 Å². The predicted molar refractivity (Wildman–Crippen MR) is 52.8 cm³/mol. The smallest absolute Gasteiger partial charge is 0.0901 e. The molecule has 0 radical (unpaired) electrons. The van der Waals surface area contributed by atoms with Gasteiger partial charge in [-0.15, -0.1) is 11.3 Å². The van der Waals surface area contributed by atoms with E-state index in [1.165, 1.54) is 5.57 Å². The van der Waals surface area contributed by atoms with Crippen LogP contribution in [0, 0.1) is 6.92 Å². The summed E-state index contributed by atoms with van der Waals surface area (Å²) in [6, 6.07) is 0. The monoisotopic (exact) mass is 178 g/mol. The average molecular weight is 178 g/mol. The maximum Gasteiger partial charge on any atom is 0.0901 e. The Morgan fingerprint density at radius 1 is 1.50 bits per heavy atom. The zero-order chi connectivity index (χ0) is 8.39. The molecule has 2 rings (SSSR count). The fourth-order valence-corrected chi connectivity index (χ4v) is 1.84. The van der Waals surface area contributed by atoms with Gasteiger partial charge in [0, 0.05) is 18.0 Å². The van der Waals surface area contributed by atoms with E-state index >= 15 is 0 Å². The predicted octanol–water partition coefficient (Wildman–Crippen LogP) is 2.31. The number of dihydropyridines is 1. The second-order valence-electron chi connectivity index (χ2n) is 2.73. The van der Waals surface area contributed by atoms with Gasteiger partial charge in [-0.25, -0.2) is 4.98 Å². The lowest BCUT2D eigenvalue weighted by Crippen LogP contribution is -1.93. The minimum absolute atomic E-state index is 0.811. The first kappa shape index (κ1) is 7.68. The Bertz CT molecular complexity index is 336. The summed E-state index contributed by atoms with van der Waals surface area (Å²) in [7, 11) is 0. The van der Waals surface area contributed by atoms with Crippen molar-refractivity contribution in [1.29, 1.82) is 0 Å². The maximum absolute atomic E-state index is 4.42. The summed E-state index contributed by atoms with van der Waals surface area (Å²) in [5, 5.41) is 3.24. The van der Waals surface area contributed by atoms with Crippen LogP contribution in [0.15, 0.2) is 16.4 Å². The van der Waals surface area contributed by atoms with E-state index in [1.807, 2.05) is 13.1 Å². The van der Waals surface area contributed by atoms with E-state index in [9.17, 15) is 0 Å². The largest absolute Gasteiger partial charge is 0.293 e. The number of allylic oxidation sites excluding steroid dienone is 1. The van der Waals surface area contributed by atoms with Crippen LogP contribution in [-0.4, -0.2) is 17.7 Å². The summed E-state index contributed by atoms with van der Waals surface area (Å²) >= 11 is 1.70. The molecule has 0 aliphatic carbocycles. The van der Waals surface area contributed by atoms with Crippen molar-refractivity contribution >= 4 is 23.1 Å². The van der Waals surface area contributed by atoms with Gasteiger partial charge in [-0.3, -0.25) is 4.99 Å². The molecular weight excluding hydrogens is 168 g/mol. The Kier molecular flexibility index (Phi) is 2.04. The highest BCUT2D eigenvalue weighted by atomic mass is 32.1. The van der Waals surface area contributed by atoms with Gasteiger partial charge in [0.25, 0.3) is 0 Å². The van der Waals surface area contributed by atoms with E-state index in [2.05, 4.69) is 21.4 Å². The van der Waals surface area contributed by atoms with Crippen LogP contribution in [0.1, 0.15) is 17.1 Å². The Morgan fingerprint density at radius 3 is 3.00 bits per heavy atom. The lowest BCUT2D eigenvalue weighted by Gasteiger charge is -2.03. The third-order valence-corrected chi connectivity index (χ3v) is 2.60. The first-order valence-electron chi connectivity index (χ1n) is 3.96. The number of nitrogens with zero attached hydrogens (tertiary/aromatic N) is 2. The minimum atomic E-state index is 0.811. The van der Waals surface area contributed by atoms with Gasteiger partial charge in [-0.2, -0.15) is 0 Å². The zero-order valence-electron chi connectivity index (χ0n) is 6.95. The molecule has 0 saturated heterocycles. The average Bonchev–Trinajstić information content (AvgIpc) is 2.54. The van der Waals surface area contributed by atoms with Gasteiger partial charge in [0.1, 0.15) is 0 Å². The number of aryl methyl sites for hydroxylation is 1. The minimum Gasteiger partial charge on any atom is -0.293 e. The molecule has 2 heterocycles.